The van der Waals surface area contributed by atoms with Crippen molar-refractivity contribution in [1.82, 2.24) is 0 Å². The average molecular weight is 594 g/mol. The average Bonchev–Trinajstić information content (AvgIpc) is 2.86. The van der Waals surface area contributed by atoms with Crippen LogP contribution in [0.15, 0.2) is 50.6 Å². The zero-order valence-electron chi connectivity index (χ0n) is 20.5. The van der Waals surface area contributed by atoms with Gasteiger partial charge >= 0.3 is 42.4 Å². The third-order valence-corrected chi connectivity index (χ3v) is 3.52. The first-order chi connectivity index (χ1) is 18.5. The van der Waals surface area contributed by atoms with Crippen molar-refractivity contribution in [3.63, 3.8) is 0 Å². The molecule has 2 atom stereocenters. The number of rotatable bonds is 21. The van der Waals surface area contributed by atoms with Crippen molar-refractivity contribution in [2.75, 3.05) is 33.0 Å². The fourth-order valence-electron chi connectivity index (χ4n) is 1.99. The lowest BCUT2D eigenvalue weighted by Crippen LogP contribution is -2.45. The first kappa shape index (κ1) is 36.3. The van der Waals surface area contributed by atoms with E-state index in [1.54, 1.807) is 0 Å². The minimum atomic E-state index is -5.66. The van der Waals surface area contributed by atoms with Gasteiger partial charge in [0, 0.05) is 24.3 Å². The number of carbonyl (C=O) groups is 4. The van der Waals surface area contributed by atoms with Crippen LogP contribution in [0.2, 0.25) is 0 Å². The van der Waals surface area contributed by atoms with Crippen molar-refractivity contribution in [3.8, 4) is 0 Å². The van der Waals surface area contributed by atoms with Crippen LogP contribution in [0, 0.1) is 0 Å². The van der Waals surface area contributed by atoms with Crippen molar-refractivity contribution in [1.29, 1.82) is 0 Å². The third kappa shape index (κ3) is 17.0. The Labute approximate surface area is 222 Å². The molecule has 18 heteroatoms. The molecule has 0 aliphatic carbocycles. The Bertz CT molecular complexity index is 924. The molecule has 0 radical (unpaired) electrons. The Morgan fingerprint density at radius 1 is 0.625 bits per heavy atom. The van der Waals surface area contributed by atoms with E-state index < -0.39 is 87.8 Å². The Morgan fingerprint density at radius 3 is 1.57 bits per heavy atom. The third-order valence-electron chi connectivity index (χ3n) is 3.52. The molecular formula is C22H24F6O12. The molecule has 0 N–H and O–H groups in total. The van der Waals surface area contributed by atoms with Gasteiger partial charge in [-0.2, -0.15) is 17.6 Å². The minimum absolute atomic E-state index is 0.561. The summed E-state index contributed by atoms with van der Waals surface area (Å²) in [4.78, 5) is 44.7. The standard InChI is InChI=1S/C22H24F6O12/c1-5-15(29)34-10-14(37-17(31)7-3)9-33-12-20(23,24)39-22(27,28)40-21(25,26)13-36-19(38-18(32)8-4)11-35-16(30)6-2/h5-8,14,19H,1-4,9-13H2. The van der Waals surface area contributed by atoms with Gasteiger partial charge in [-0.15, -0.1) is 8.78 Å². The maximum Gasteiger partial charge on any atom is 0.495 e. The summed E-state index contributed by atoms with van der Waals surface area (Å²) in [7, 11) is 0. The molecule has 0 spiro atoms. The highest BCUT2D eigenvalue weighted by Crippen LogP contribution is 2.33. The number of ether oxygens (including phenoxy) is 8. The Kier molecular flexibility index (Phi) is 15.5. The van der Waals surface area contributed by atoms with Crippen molar-refractivity contribution in [3.05, 3.63) is 50.6 Å². The number of carbonyl (C=O) groups excluding carboxylic acids is 4. The Morgan fingerprint density at radius 2 is 1.07 bits per heavy atom. The first-order valence-electron chi connectivity index (χ1n) is 10.5. The molecule has 0 saturated heterocycles. The molecule has 226 valence electrons. The number of esters is 4. The highest BCUT2D eigenvalue weighted by atomic mass is 19.3. The monoisotopic (exact) mass is 594 g/mol. The lowest BCUT2D eigenvalue weighted by Gasteiger charge is -2.27. The molecule has 0 saturated carbocycles. The van der Waals surface area contributed by atoms with Gasteiger partial charge in [0.2, 0.25) is 6.29 Å². The zero-order chi connectivity index (χ0) is 31.0. The summed E-state index contributed by atoms with van der Waals surface area (Å²) in [5.41, 5.74) is 0. The SMILES string of the molecule is C=CC(=O)OCC(COCC(F)(F)OC(F)(F)OC(F)(F)COC(COC(=O)C=C)OC(=O)C=C)OC(=O)C=C. The molecule has 2 unspecified atom stereocenters. The summed E-state index contributed by atoms with van der Waals surface area (Å²) in [6, 6.07) is 0. The maximum atomic E-state index is 13.9. The van der Waals surface area contributed by atoms with E-state index in [0.717, 1.165) is 6.08 Å². The molecule has 0 rings (SSSR count). The Balaban J connectivity index is 5.06. The van der Waals surface area contributed by atoms with Crippen LogP contribution in [0.3, 0.4) is 0 Å². The summed E-state index contributed by atoms with van der Waals surface area (Å²) >= 11 is 0. The molecule has 0 fully saturated rings. The fraction of sp³-hybridized carbons (Fsp3) is 0.455. The quantitative estimate of drug-likeness (QED) is 0.0633. The van der Waals surface area contributed by atoms with E-state index >= 15 is 0 Å². The van der Waals surface area contributed by atoms with Gasteiger partial charge < -0.3 is 28.4 Å². The lowest BCUT2D eigenvalue weighted by atomic mass is 10.4. The molecule has 0 aromatic heterocycles. The van der Waals surface area contributed by atoms with Gasteiger partial charge in [0.15, 0.2) is 12.7 Å². The van der Waals surface area contributed by atoms with Crippen LogP contribution in [0.1, 0.15) is 0 Å². The van der Waals surface area contributed by atoms with E-state index in [-0.39, 0.29) is 0 Å². The van der Waals surface area contributed by atoms with Gasteiger partial charge in [-0.05, 0) is 0 Å². The van der Waals surface area contributed by atoms with E-state index in [1.807, 2.05) is 0 Å². The van der Waals surface area contributed by atoms with Gasteiger partial charge in [-0.25, -0.2) is 28.7 Å². The second kappa shape index (κ2) is 17.1. The highest BCUT2D eigenvalue weighted by Gasteiger charge is 2.52. The second-order valence-corrected chi connectivity index (χ2v) is 6.77. The zero-order valence-corrected chi connectivity index (χ0v) is 20.5. The summed E-state index contributed by atoms with van der Waals surface area (Å²) < 4.78 is 116. The molecule has 0 aliphatic rings. The van der Waals surface area contributed by atoms with E-state index in [0.29, 0.717) is 18.2 Å². The van der Waals surface area contributed by atoms with Crippen LogP contribution >= 0.6 is 0 Å². The molecule has 0 bridgehead atoms. The van der Waals surface area contributed by atoms with Crippen LogP contribution in [-0.4, -0.2) is 87.8 Å². The van der Waals surface area contributed by atoms with Crippen LogP contribution in [0.4, 0.5) is 26.3 Å². The van der Waals surface area contributed by atoms with E-state index in [9.17, 15) is 45.5 Å². The summed E-state index contributed by atoms with van der Waals surface area (Å²) in [5, 5.41) is 0. The van der Waals surface area contributed by atoms with E-state index in [1.165, 1.54) is 0 Å². The smallest absolute Gasteiger partial charge is 0.458 e. The summed E-state index contributed by atoms with van der Waals surface area (Å²) in [5.74, 6) is -4.43. The summed E-state index contributed by atoms with van der Waals surface area (Å²) in [6.07, 6.45) is -16.7. The van der Waals surface area contributed by atoms with Crippen molar-refractivity contribution in [2.45, 2.75) is 30.9 Å². The predicted octanol–water partition coefficient (Wildman–Crippen LogP) is 2.40. The number of alkyl halides is 6. The number of hydrogen-bond acceptors (Lipinski definition) is 12. The number of hydrogen-bond donors (Lipinski definition) is 0. The van der Waals surface area contributed by atoms with Crippen LogP contribution in [0.5, 0.6) is 0 Å². The molecule has 40 heavy (non-hydrogen) atoms. The highest BCUT2D eigenvalue weighted by molar-refractivity contribution is 5.82. The van der Waals surface area contributed by atoms with Gasteiger partial charge in [-0.3, -0.25) is 0 Å². The van der Waals surface area contributed by atoms with Gasteiger partial charge in [0.25, 0.3) is 0 Å². The molecule has 0 aliphatic heterocycles. The molecular weight excluding hydrogens is 570 g/mol. The van der Waals surface area contributed by atoms with Gasteiger partial charge in [0.05, 0.1) is 6.61 Å². The molecule has 0 heterocycles. The number of halogens is 6. The molecule has 0 aromatic rings. The minimum Gasteiger partial charge on any atom is -0.458 e. The van der Waals surface area contributed by atoms with Gasteiger partial charge in [0.1, 0.15) is 19.8 Å². The molecule has 0 amide bonds. The van der Waals surface area contributed by atoms with E-state index in [2.05, 4.69) is 64.2 Å². The molecule has 0 aromatic carbocycles. The summed E-state index contributed by atoms with van der Waals surface area (Å²) in [6.45, 7) is 5.40. The first-order valence-corrected chi connectivity index (χ1v) is 10.5. The topological polar surface area (TPSA) is 142 Å². The molecule has 12 nitrogen and oxygen atoms in total. The Hall–Kier alpha value is -3.74. The van der Waals surface area contributed by atoms with Crippen molar-refractivity contribution >= 4 is 23.9 Å². The van der Waals surface area contributed by atoms with Crippen molar-refractivity contribution < 1.29 is 83.4 Å². The van der Waals surface area contributed by atoms with Crippen LogP contribution in [0.25, 0.3) is 0 Å². The largest absolute Gasteiger partial charge is 0.495 e. The second-order valence-electron chi connectivity index (χ2n) is 6.77. The van der Waals surface area contributed by atoms with Crippen molar-refractivity contribution in [2.24, 2.45) is 0 Å². The van der Waals surface area contributed by atoms with Crippen LogP contribution in [-0.2, 0) is 57.1 Å². The van der Waals surface area contributed by atoms with Gasteiger partial charge in [-0.1, -0.05) is 26.3 Å². The lowest BCUT2D eigenvalue weighted by molar-refractivity contribution is -0.519. The van der Waals surface area contributed by atoms with E-state index in [4.69, 9.17) is 0 Å². The maximum absolute atomic E-state index is 13.9. The normalized spacial score (nSPS) is 13.2. The van der Waals surface area contributed by atoms with Crippen LogP contribution < -0.4 is 0 Å². The fourth-order valence-corrected chi connectivity index (χ4v) is 1.99. The predicted molar refractivity (Wildman–Crippen MR) is 116 cm³/mol.